The third-order valence-corrected chi connectivity index (χ3v) is 3.44. The van der Waals surface area contributed by atoms with Gasteiger partial charge in [0.15, 0.2) is 0 Å². The Morgan fingerprint density at radius 2 is 1.65 bits per heavy atom. The lowest BCUT2D eigenvalue weighted by Gasteiger charge is -2.23. The van der Waals surface area contributed by atoms with E-state index in [0.717, 1.165) is 5.56 Å². The summed E-state index contributed by atoms with van der Waals surface area (Å²) in [4.78, 5) is 24.7. The minimum absolute atomic E-state index is 0.221. The van der Waals surface area contributed by atoms with Gasteiger partial charge in [0.1, 0.15) is 17.5 Å². The SMILES string of the molecule is CC(C)(C)OC(=O)NC(C(=O)NCc1ccc(F)cc1)c1ccccc1. The molecule has 1 atom stereocenters. The number of amides is 2. The van der Waals surface area contributed by atoms with Crippen molar-refractivity contribution in [3.05, 3.63) is 71.5 Å². The summed E-state index contributed by atoms with van der Waals surface area (Å²) in [6.45, 7) is 5.47. The molecule has 0 spiro atoms. The molecule has 6 heteroatoms. The molecule has 0 heterocycles. The van der Waals surface area contributed by atoms with Crippen molar-refractivity contribution in [3.8, 4) is 0 Å². The zero-order valence-electron chi connectivity index (χ0n) is 15.1. The van der Waals surface area contributed by atoms with E-state index in [-0.39, 0.29) is 18.3 Å². The van der Waals surface area contributed by atoms with Crippen LogP contribution in [-0.2, 0) is 16.1 Å². The number of carbonyl (C=O) groups is 2. The molecule has 0 saturated heterocycles. The molecule has 0 bridgehead atoms. The lowest BCUT2D eigenvalue weighted by Crippen LogP contribution is -2.42. The van der Waals surface area contributed by atoms with Crippen LogP contribution in [0.15, 0.2) is 54.6 Å². The zero-order valence-corrected chi connectivity index (χ0v) is 15.1. The molecular formula is C20H23FN2O3. The standard InChI is InChI=1S/C20H23FN2O3/c1-20(2,3)26-19(25)23-17(15-7-5-4-6-8-15)18(24)22-13-14-9-11-16(21)12-10-14/h4-12,17H,13H2,1-3H3,(H,22,24)(H,23,25). The molecule has 138 valence electrons. The van der Waals surface area contributed by atoms with Gasteiger partial charge in [-0.25, -0.2) is 9.18 Å². The lowest BCUT2D eigenvalue weighted by molar-refractivity contribution is -0.123. The fourth-order valence-corrected chi connectivity index (χ4v) is 2.26. The van der Waals surface area contributed by atoms with E-state index in [1.165, 1.54) is 12.1 Å². The fraction of sp³-hybridized carbons (Fsp3) is 0.300. The van der Waals surface area contributed by atoms with Crippen LogP contribution >= 0.6 is 0 Å². The number of hydrogen-bond donors (Lipinski definition) is 2. The Morgan fingerprint density at radius 3 is 2.23 bits per heavy atom. The highest BCUT2D eigenvalue weighted by molar-refractivity contribution is 5.86. The van der Waals surface area contributed by atoms with Crippen LogP contribution in [0.4, 0.5) is 9.18 Å². The Kier molecular flexibility index (Phi) is 6.33. The summed E-state index contributed by atoms with van der Waals surface area (Å²) in [7, 11) is 0. The smallest absolute Gasteiger partial charge is 0.408 e. The van der Waals surface area contributed by atoms with Crippen molar-refractivity contribution in [1.82, 2.24) is 10.6 Å². The van der Waals surface area contributed by atoms with E-state index in [4.69, 9.17) is 4.74 Å². The molecule has 5 nitrogen and oxygen atoms in total. The van der Waals surface area contributed by atoms with Gasteiger partial charge in [-0.05, 0) is 44.0 Å². The van der Waals surface area contributed by atoms with E-state index in [2.05, 4.69) is 10.6 Å². The quantitative estimate of drug-likeness (QED) is 0.856. The highest BCUT2D eigenvalue weighted by Crippen LogP contribution is 2.15. The molecule has 2 amide bonds. The van der Waals surface area contributed by atoms with Crippen molar-refractivity contribution in [2.75, 3.05) is 0 Å². The maximum absolute atomic E-state index is 13.0. The van der Waals surface area contributed by atoms with Gasteiger partial charge in [0, 0.05) is 6.54 Å². The first-order valence-electron chi connectivity index (χ1n) is 8.31. The number of hydrogen-bond acceptors (Lipinski definition) is 3. The van der Waals surface area contributed by atoms with E-state index >= 15 is 0 Å². The van der Waals surface area contributed by atoms with Gasteiger partial charge in [-0.2, -0.15) is 0 Å². The molecule has 2 rings (SSSR count). The normalized spacial score (nSPS) is 12.2. The van der Waals surface area contributed by atoms with E-state index in [1.54, 1.807) is 57.2 Å². The van der Waals surface area contributed by atoms with Gasteiger partial charge >= 0.3 is 6.09 Å². The molecule has 0 radical (unpaired) electrons. The zero-order chi connectivity index (χ0) is 19.2. The van der Waals surface area contributed by atoms with Gasteiger partial charge in [-0.15, -0.1) is 0 Å². The third-order valence-electron chi connectivity index (χ3n) is 3.44. The predicted molar refractivity (Wildman–Crippen MR) is 96.8 cm³/mol. The number of alkyl carbamates (subject to hydrolysis) is 1. The molecule has 1 unspecified atom stereocenters. The Morgan fingerprint density at radius 1 is 1.04 bits per heavy atom. The molecule has 0 aromatic heterocycles. The highest BCUT2D eigenvalue weighted by atomic mass is 19.1. The summed E-state index contributed by atoms with van der Waals surface area (Å²) in [6.07, 6.45) is -0.678. The first-order valence-corrected chi connectivity index (χ1v) is 8.31. The lowest BCUT2D eigenvalue weighted by atomic mass is 10.1. The van der Waals surface area contributed by atoms with Gasteiger partial charge in [-0.1, -0.05) is 42.5 Å². The second kappa shape index (κ2) is 8.47. The summed E-state index contributed by atoms with van der Waals surface area (Å²) >= 11 is 0. The van der Waals surface area contributed by atoms with Crippen LogP contribution in [0.5, 0.6) is 0 Å². The molecule has 2 N–H and O–H groups in total. The van der Waals surface area contributed by atoms with Crippen molar-refractivity contribution < 1.29 is 18.7 Å². The summed E-state index contributed by atoms with van der Waals surface area (Å²) in [5.41, 5.74) is 0.717. The van der Waals surface area contributed by atoms with Crippen molar-refractivity contribution in [2.24, 2.45) is 0 Å². The molecular weight excluding hydrogens is 335 g/mol. The molecule has 0 aliphatic carbocycles. The van der Waals surface area contributed by atoms with E-state index in [0.29, 0.717) is 5.56 Å². The van der Waals surface area contributed by atoms with Crippen molar-refractivity contribution in [1.29, 1.82) is 0 Å². The number of benzene rings is 2. The molecule has 0 aliphatic heterocycles. The molecule has 0 aliphatic rings. The summed E-state index contributed by atoms with van der Waals surface area (Å²) < 4.78 is 18.2. The van der Waals surface area contributed by atoms with E-state index < -0.39 is 17.7 Å². The topological polar surface area (TPSA) is 67.4 Å². The van der Waals surface area contributed by atoms with E-state index in [1.807, 2.05) is 6.07 Å². The second-order valence-corrected chi connectivity index (χ2v) is 6.83. The van der Waals surface area contributed by atoms with Crippen LogP contribution in [0, 0.1) is 5.82 Å². The molecule has 0 fully saturated rings. The summed E-state index contributed by atoms with van der Waals surface area (Å²) in [5, 5.41) is 5.36. The second-order valence-electron chi connectivity index (χ2n) is 6.83. The monoisotopic (exact) mass is 358 g/mol. The maximum Gasteiger partial charge on any atom is 0.408 e. The van der Waals surface area contributed by atoms with Gasteiger partial charge in [0.25, 0.3) is 0 Å². The van der Waals surface area contributed by atoms with Crippen LogP contribution < -0.4 is 10.6 Å². The summed E-state index contributed by atoms with van der Waals surface area (Å²) in [6, 6.07) is 13.8. The highest BCUT2D eigenvalue weighted by Gasteiger charge is 2.25. The fourth-order valence-electron chi connectivity index (χ4n) is 2.26. The van der Waals surface area contributed by atoms with Crippen LogP contribution in [0.2, 0.25) is 0 Å². The average Bonchev–Trinajstić information content (AvgIpc) is 2.58. The number of nitrogens with one attached hydrogen (secondary N) is 2. The Bertz CT molecular complexity index is 740. The third kappa shape index (κ3) is 6.20. The Labute approximate surface area is 152 Å². The number of carbonyl (C=O) groups excluding carboxylic acids is 2. The van der Waals surface area contributed by atoms with Crippen molar-refractivity contribution >= 4 is 12.0 Å². The van der Waals surface area contributed by atoms with Gasteiger partial charge < -0.3 is 15.4 Å². The molecule has 26 heavy (non-hydrogen) atoms. The number of ether oxygens (including phenoxy) is 1. The first-order chi connectivity index (χ1) is 12.2. The Hall–Kier alpha value is -2.89. The largest absolute Gasteiger partial charge is 0.444 e. The van der Waals surface area contributed by atoms with Crippen LogP contribution in [-0.4, -0.2) is 17.6 Å². The first kappa shape index (κ1) is 19.4. The number of halogens is 1. The van der Waals surface area contributed by atoms with E-state index in [9.17, 15) is 14.0 Å². The van der Waals surface area contributed by atoms with Crippen molar-refractivity contribution in [2.45, 2.75) is 39.0 Å². The molecule has 2 aromatic carbocycles. The molecule has 2 aromatic rings. The maximum atomic E-state index is 13.0. The molecule has 0 saturated carbocycles. The van der Waals surface area contributed by atoms with Gasteiger partial charge in [0.2, 0.25) is 5.91 Å². The average molecular weight is 358 g/mol. The minimum atomic E-state index is -0.897. The predicted octanol–water partition coefficient (Wildman–Crippen LogP) is 3.71. The van der Waals surface area contributed by atoms with Gasteiger partial charge in [0.05, 0.1) is 0 Å². The minimum Gasteiger partial charge on any atom is -0.444 e. The van der Waals surface area contributed by atoms with Crippen molar-refractivity contribution in [3.63, 3.8) is 0 Å². The van der Waals surface area contributed by atoms with Crippen LogP contribution in [0.25, 0.3) is 0 Å². The van der Waals surface area contributed by atoms with Gasteiger partial charge in [-0.3, -0.25) is 4.79 Å². The van der Waals surface area contributed by atoms with Crippen LogP contribution in [0.3, 0.4) is 0 Å². The summed E-state index contributed by atoms with van der Waals surface area (Å²) in [5.74, 6) is -0.722. The number of rotatable bonds is 5. The Balaban J connectivity index is 2.08. The van der Waals surface area contributed by atoms with Crippen LogP contribution in [0.1, 0.15) is 37.9 Å².